The predicted molar refractivity (Wildman–Crippen MR) is 72.2 cm³/mol. The van der Waals surface area contributed by atoms with Gasteiger partial charge in [0, 0.05) is 0 Å². The molecule has 0 fully saturated rings. The fourth-order valence-corrected chi connectivity index (χ4v) is 1.73. The number of rotatable bonds is 4. The van der Waals surface area contributed by atoms with E-state index in [1.165, 1.54) is 0 Å². The number of aliphatic hydroxyl groups is 1. The molecule has 1 unspecified atom stereocenters. The molecule has 0 spiro atoms. The third-order valence-corrected chi connectivity index (χ3v) is 2.94. The maximum absolute atomic E-state index is 11.8. The van der Waals surface area contributed by atoms with Crippen molar-refractivity contribution >= 4 is 16.7 Å². The maximum atomic E-state index is 11.8. The third-order valence-electron chi connectivity index (χ3n) is 2.94. The van der Waals surface area contributed by atoms with Gasteiger partial charge in [-0.2, -0.15) is 0 Å². The van der Waals surface area contributed by atoms with Gasteiger partial charge in [-0.05, 0) is 41.5 Å². The van der Waals surface area contributed by atoms with E-state index in [0.29, 0.717) is 12.0 Å². The van der Waals surface area contributed by atoms with E-state index in [1.54, 1.807) is 36.4 Å². The molecule has 2 N–H and O–H groups in total. The zero-order valence-electron chi connectivity index (χ0n) is 10.7. The van der Waals surface area contributed by atoms with Crippen LogP contribution in [0.3, 0.4) is 0 Å². The Morgan fingerprint density at radius 1 is 1.21 bits per heavy atom. The van der Waals surface area contributed by atoms with E-state index in [1.807, 2.05) is 6.92 Å². The first kappa shape index (κ1) is 13.4. The number of hydrogen-bond donors (Lipinski definition) is 2. The first-order chi connectivity index (χ1) is 9.10. The predicted octanol–water partition coefficient (Wildman–Crippen LogP) is 2.47. The van der Waals surface area contributed by atoms with E-state index < -0.39 is 12.1 Å². The molecule has 0 aromatic heterocycles. The molecular weight excluding hydrogens is 244 g/mol. The van der Waals surface area contributed by atoms with Crippen LogP contribution in [0.5, 0.6) is 5.75 Å². The van der Waals surface area contributed by atoms with Crippen molar-refractivity contribution in [3.05, 3.63) is 42.0 Å². The number of benzene rings is 2. The number of aliphatic hydroxyl groups excluding tert-OH is 1. The minimum absolute atomic E-state index is 0.00292. The smallest absolute Gasteiger partial charge is 0.338 e. The molecule has 0 heterocycles. The van der Waals surface area contributed by atoms with Crippen LogP contribution in [0.1, 0.15) is 23.7 Å². The van der Waals surface area contributed by atoms with E-state index in [-0.39, 0.29) is 12.4 Å². The standard InChI is InChI=1S/C15H16O4/c1-2-13(16)9-19-15(18)12-4-3-11-8-14(17)6-5-10(11)7-12/h3-8,13,16-17H,2,9H2,1H3. The molecule has 0 aliphatic heterocycles. The van der Waals surface area contributed by atoms with E-state index in [0.717, 1.165) is 10.8 Å². The number of ether oxygens (including phenoxy) is 1. The van der Waals surface area contributed by atoms with E-state index in [9.17, 15) is 15.0 Å². The van der Waals surface area contributed by atoms with Crippen LogP contribution in [0.4, 0.5) is 0 Å². The highest BCUT2D eigenvalue weighted by Gasteiger charge is 2.10. The van der Waals surface area contributed by atoms with Crippen LogP contribution in [-0.2, 0) is 4.74 Å². The molecule has 0 bridgehead atoms. The van der Waals surface area contributed by atoms with Crippen LogP contribution in [-0.4, -0.2) is 28.9 Å². The molecule has 0 saturated heterocycles. The number of carbonyl (C=O) groups is 1. The summed E-state index contributed by atoms with van der Waals surface area (Å²) in [7, 11) is 0. The van der Waals surface area contributed by atoms with Crippen LogP contribution in [0, 0.1) is 0 Å². The van der Waals surface area contributed by atoms with Crippen molar-refractivity contribution in [3.63, 3.8) is 0 Å². The third kappa shape index (κ3) is 3.23. The molecule has 0 saturated carbocycles. The molecule has 2 aromatic carbocycles. The maximum Gasteiger partial charge on any atom is 0.338 e. The van der Waals surface area contributed by atoms with Gasteiger partial charge < -0.3 is 14.9 Å². The van der Waals surface area contributed by atoms with Crippen molar-refractivity contribution in [2.24, 2.45) is 0 Å². The van der Waals surface area contributed by atoms with Crippen molar-refractivity contribution in [2.75, 3.05) is 6.61 Å². The average Bonchev–Trinajstić information content (AvgIpc) is 2.43. The molecule has 2 rings (SSSR count). The molecule has 19 heavy (non-hydrogen) atoms. The van der Waals surface area contributed by atoms with Gasteiger partial charge in [-0.1, -0.05) is 19.1 Å². The largest absolute Gasteiger partial charge is 0.508 e. The van der Waals surface area contributed by atoms with Gasteiger partial charge in [0.1, 0.15) is 12.4 Å². The van der Waals surface area contributed by atoms with Crippen LogP contribution >= 0.6 is 0 Å². The first-order valence-electron chi connectivity index (χ1n) is 6.18. The zero-order chi connectivity index (χ0) is 13.8. The lowest BCUT2D eigenvalue weighted by Crippen LogP contribution is -2.17. The minimum atomic E-state index is -0.624. The molecule has 4 heteroatoms. The Bertz CT molecular complexity index is 592. The summed E-state index contributed by atoms with van der Waals surface area (Å²) in [5.41, 5.74) is 0.432. The lowest BCUT2D eigenvalue weighted by Gasteiger charge is -2.09. The van der Waals surface area contributed by atoms with E-state index in [2.05, 4.69) is 0 Å². The zero-order valence-corrected chi connectivity index (χ0v) is 10.7. The number of esters is 1. The highest BCUT2D eigenvalue weighted by molar-refractivity contribution is 5.95. The van der Waals surface area contributed by atoms with Crippen molar-refractivity contribution in [2.45, 2.75) is 19.4 Å². The van der Waals surface area contributed by atoms with Crippen molar-refractivity contribution in [3.8, 4) is 5.75 Å². The topological polar surface area (TPSA) is 66.8 Å². The fourth-order valence-electron chi connectivity index (χ4n) is 1.73. The van der Waals surface area contributed by atoms with Gasteiger partial charge in [-0.15, -0.1) is 0 Å². The molecule has 2 aromatic rings. The second-order valence-corrected chi connectivity index (χ2v) is 4.41. The van der Waals surface area contributed by atoms with Crippen LogP contribution in [0.2, 0.25) is 0 Å². The molecule has 100 valence electrons. The summed E-state index contributed by atoms with van der Waals surface area (Å²) < 4.78 is 5.02. The molecule has 0 aliphatic rings. The summed E-state index contributed by atoms with van der Waals surface area (Å²) in [6.07, 6.45) is -0.0778. The van der Waals surface area contributed by atoms with Gasteiger partial charge in [0.25, 0.3) is 0 Å². The Labute approximate surface area is 111 Å². The van der Waals surface area contributed by atoms with Gasteiger partial charge >= 0.3 is 5.97 Å². The van der Waals surface area contributed by atoms with E-state index >= 15 is 0 Å². The Balaban J connectivity index is 2.16. The quantitative estimate of drug-likeness (QED) is 0.829. The van der Waals surface area contributed by atoms with Gasteiger partial charge in [0.15, 0.2) is 0 Å². The fraction of sp³-hybridized carbons (Fsp3) is 0.267. The molecule has 0 aliphatic carbocycles. The van der Waals surface area contributed by atoms with E-state index in [4.69, 9.17) is 4.74 Å². The van der Waals surface area contributed by atoms with Gasteiger partial charge in [0.05, 0.1) is 11.7 Å². The summed E-state index contributed by atoms with van der Waals surface area (Å²) in [5, 5.41) is 20.4. The molecule has 4 nitrogen and oxygen atoms in total. The summed E-state index contributed by atoms with van der Waals surface area (Å²) in [6, 6.07) is 10.0. The van der Waals surface area contributed by atoms with Crippen LogP contribution < -0.4 is 0 Å². The second-order valence-electron chi connectivity index (χ2n) is 4.41. The Hall–Kier alpha value is -2.07. The van der Waals surface area contributed by atoms with Crippen molar-refractivity contribution in [1.82, 2.24) is 0 Å². The molecule has 1 atom stereocenters. The number of hydrogen-bond acceptors (Lipinski definition) is 4. The van der Waals surface area contributed by atoms with Gasteiger partial charge in [0.2, 0.25) is 0 Å². The summed E-state index contributed by atoms with van der Waals surface area (Å²) in [4.78, 5) is 11.8. The second kappa shape index (κ2) is 5.71. The monoisotopic (exact) mass is 260 g/mol. The Morgan fingerprint density at radius 3 is 2.63 bits per heavy atom. The van der Waals surface area contributed by atoms with Crippen molar-refractivity contribution < 1.29 is 19.7 Å². The normalized spacial score (nSPS) is 12.3. The highest BCUT2D eigenvalue weighted by Crippen LogP contribution is 2.21. The Morgan fingerprint density at radius 2 is 1.89 bits per heavy atom. The highest BCUT2D eigenvalue weighted by atomic mass is 16.5. The number of fused-ring (bicyclic) bond motifs is 1. The molecule has 0 amide bonds. The van der Waals surface area contributed by atoms with Gasteiger partial charge in [-0.25, -0.2) is 4.79 Å². The van der Waals surface area contributed by atoms with Crippen LogP contribution in [0.15, 0.2) is 36.4 Å². The van der Waals surface area contributed by atoms with Crippen LogP contribution in [0.25, 0.3) is 10.8 Å². The molecular formula is C15H16O4. The molecule has 0 radical (unpaired) electrons. The first-order valence-corrected chi connectivity index (χ1v) is 6.18. The Kier molecular flexibility index (Phi) is 4.02. The number of aromatic hydroxyl groups is 1. The average molecular weight is 260 g/mol. The summed E-state index contributed by atoms with van der Waals surface area (Å²) in [6.45, 7) is 1.82. The lowest BCUT2D eigenvalue weighted by molar-refractivity contribution is 0.0250. The van der Waals surface area contributed by atoms with Gasteiger partial charge in [-0.3, -0.25) is 0 Å². The van der Waals surface area contributed by atoms with Crippen molar-refractivity contribution in [1.29, 1.82) is 0 Å². The summed E-state index contributed by atoms with van der Waals surface area (Å²) in [5.74, 6) is -0.267. The number of carbonyl (C=O) groups excluding carboxylic acids is 1. The minimum Gasteiger partial charge on any atom is -0.508 e. The number of phenolic OH excluding ortho intramolecular Hbond substituents is 1. The summed E-state index contributed by atoms with van der Waals surface area (Å²) >= 11 is 0. The SMILES string of the molecule is CCC(O)COC(=O)c1ccc2cc(O)ccc2c1. The number of phenols is 1. The lowest BCUT2D eigenvalue weighted by atomic mass is 10.1.